The maximum absolute atomic E-state index is 13.5. The van der Waals surface area contributed by atoms with Gasteiger partial charge in [-0.15, -0.1) is 10.2 Å². The number of anilines is 1. The van der Waals surface area contributed by atoms with E-state index in [1.54, 1.807) is 12.1 Å². The SMILES string of the molecule is CC(C)c1cccc(NC(=O)CSc2nnc(CN3CCCCC3)n2-c2ccc(F)cc2)c1. The van der Waals surface area contributed by atoms with E-state index in [4.69, 9.17) is 0 Å². The van der Waals surface area contributed by atoms with Crippen molar-refractivity contribution >= 4 is 23.4 Å². The monoisotopic (exact) mass is 467 g/mol. The molecule has 0 atom stereocenters. The van der Waals surface area contributed by atoms with Crippen LogP contribution in [0, 0.1) is 5.82 Å². The summed E-state index contributed by atoms with van der Waals surface area (Å²) in [6, 6.07) is 14.2. The van der Waals surface area contributed by atoms with E-state index in [1.807, 2.05) is 22.8 Å². The average Bonchev–Trinajstić information content (AvgIpc) is 3.21. The van der Waals surface area contributed by atoms with Gasteiger partial charge in [0, 0.05) is 11.4 Å². The van der Waals surface area contributed by atoms with Gasteiger partial charge in [0.1, 0.15) is 5.82 Å². The van der Waals surface area contributed by atoms with E-state index in [-0.39, 0.29) is 17.5 Å². The largest absolute Gasteiger partial charge is 0.325 e. The minimum absolute atomic E-state index is 0.104. The molecule has 0 unspecified atom stereocenters. The molecule has 174 valence electrons. The Balaban J connectivity index is 1.48. The van der Waals surface area contributed by atoms with E-state index < -0.39 is 0 Å². The first kappa shape index (κ1) is 23.4. The van der Waals surface area contributed by atoms with Crippen molar-refractivity contribution in [2.75, 3.05) is 24.2 Å². The second kappa shape index (κ2) is 10.9. The third-order valence-corrected chi connectivity index (χ3v) is 6.70. The van der Waals surface area contributed by atoms with Crippen molar-refractivity contribution in [3.8, 4) is 5.69 Å². The smallest absolute Gasteiger partial charge is 0.234 e. The first-order valence-electron chi connectivity index (χ1n) is 11.4. The maximum Gasteiger partial charge on any atom is 0.234 e. The molecule has 1 amide bonds. The predicted octanol–water partition coefficient (Wildman–Crippen LogP) is 5.25. The number of amides is 1. The van der Waals surface area contributed by atoms with Gasteiger partial charge in [0.05, 0.1) is 12.3 Å². The molecule has 33 heavy (non-hydrogen) atoms. The first-order chi connectivity index (χ1) is 16.0. The topological polar surface area (TPSA) is 63.1 Å². The van der Waals surface area contributed by atoms with Gasteiger partial charge in [-0.3, -0.25) is 14.3 Å². The van der Waals surface area contributed by atoms with Crippen molar-refractivity contribution in [1.29, 1.82) is 0 Å². The number of halogens is 1. The molecule has 6 nitrogen and oxygen atoms in total. The molecule has 1 aromatic heterocycles. The highest BCUT2D eigenvalue weighted by Crippen LogP contribution is 2.25. The quantitative estimate of drug-likeness (QED) is 0.459. The van der Waals surface area contributed by atoms with Crippen LogP contribution in [0.3, 0.4) is 0 Å². The van der Waals surface area contributed by atoms with Gasteiger partial charge in [-0.05, 0) is 73.8 Å². The minimum Gasteiger partial charge on any atom is -0.325 e. The van der Waals surface area contributed by atoms with E-state index in [0.29, 0.717) is 17.6 Å². The van der Waals surface area contributed by atoms with E-state index in [1.165, 1.54) is 48.7 Å². The molecular formula is C25H30FN5OS. The number of likely N-dealkylation sites (tertiary alicyclic amines) is 1. The molecule has 1 N–H and O–H groups in total. The molecule has 0 aliphatic carbocycles. The summed E-state index contributed by atoms with van der Waals surface area (Å²) < 4.78 is 15.5. The number of piperidine rings is 1. The van der Waals surface area contributed by atoms with E-state index in [0.717, 1.165) is 30.3 Å². The zero-order valence-electron chi connectivity index (χ0n) is 19.1. The molecule has 1 aliphatic rings. The molecule has 8 heteroatoms. The van der Waals surface area contributed by atoms with E-state index in [2.05, 4.69) is 40.3 Å². The number of rotatable bonds is 8. The lowest BCUT2D eigenvalue weighted by Crippen LogP contribution is -2.30. The van der Waals surface area contributed by atoms with Gasteiger partial charge in [-0.2, -0.15) is 0 Å². The third kappa shape index (κ3) is 6.21. The van der Waals surface area contributed by atoms with Crippen LogP contribution in [0.25, 0.3) is 5.69 Å². The lowest BCUT2D eigenvalue weighted by Gasteiger charge is -2.26. The Labute approximate surface area is 198 Å². The highest BCUT2D eigenvalue weighted by Gasteiger charge is 2.19. The molecular weight excluding hydrogens is 437 g/mol. The van der Waals surface area contributed by atoms with E-state index in [9.17, 15) is 9.18 Å². The molecule has 2 aromatic carbocycles. The summed E-state index contributed by atoms with van der Waals surface area (Å²) in [5, 5.41) is 12.4. The van der Waals surface area contributed by atoms with Crippen LogP contribution in [0.2, 0.25) is 0 Å². The number of carbonyl (C=O) groups is 1. The third-order valence-electron chi connectivity index (χ3n) is 5.77. The van der Waals surface area contributed by atoms with Crippen LogP contribution < -0.4 is 5.32 Å². The summed E-state index contributed by atoms with van der Waals surface area (Å²) in [5.41, 5.74) is 2.76. The fourth-order valence-corrected chi connectivity index (χ4v) is 4.74. The molecule has 0 bridgehead atoms. The summed E-state index contributed by atoms with van der Waals surface area (Å²) in [6.07, 6.45) is 3.63. The van der Waals surface area contributed by atoms with Gasteiger partial charge in [0.15, 0.2) is 11.0 Å². The molecule has 2 heterocycles. The Morgan fingerprint density at radius 3 is 2.58 bits per heavy atom. The zero-order valence-corrected chi connectivity index (χ0v) is 19.9. The van der Waals surface area contributed by atoms with Crippen LogP contribution in [0.4, 0.5) is 10.1 Å². The summed E-state index contributed by atoms with van der Waals surface area (Å²) in [5.74, 6) is 1.00. The Kier molecular flexibility index (Phi) is 7.77. The van der Waals surface area contributed by atoms with Crippen molar-refractivity contribution in [2.45, 2.75) is 50.7 Å². The van der Waals surface area contributed by atoms with Crippen molar-refractivity contribution in [1.82, 2.24) is 19.7 Å². The van der Waals surface area contributed by atoms with Gasteiger partial charge in [-0.1, -0.05) is 44.2 Å². The first-order valence-corrected chi connectivity index (χ1v) is 12.4. The summed E-state index contributed by atoms with van der Waals surface area (Å²) in [7, 11) is 0. The second-order valence-electron chi connectivity index (χ2n) is 8.66. The summed E-state index contributed by atoms with van der Waals surface area (Å²) >= 11 is 1.33. The van der Waals surface area contributed by atoms with Crippen LogP contribution in [0.5, 0.6) is 0 Å². The normalized spacial score (nSPS) is 14.5. The number of carbonyl (C=O) groups excluding carboxylic acids is 1. The van der Waals surface area contributed by atoms with Crippen LogP contribution in [0.1, 0.15) is 50.4 Å². The Hall–Kier alpha value is -2.71. The number of nitrogens with zero attached hydrogens (tertiary/aromatic N) is 4. The molecule has 0 radical (unpaired) electrons. The molecule has 1 saturated heterocycles. The summed E-state index contributed by atoms with van der Waals surface area (Å²) in [6.45, 7) is 7.01. The number of nitrogens with one attached hydrogen (secondary N) is 1. The number of thioether (sulfide) groups is 1. The zero-order chi connectivity index (χ0) is 23.2. The molecule has 4 rings (SSSR count). The van der Waals surface area contributed by atoms with Crippen molar-refractivity contribution in [2.24, 2.45) is 0 Å². The van der Waals surface area contributed by atoms with Gasteiger partial charge in [0.2, 0.25) is 5.91 Å². The number of aromatic nitrogens is 3. The lowest BCUT2D eigenvalue weighted by molar-refractivity contribution is -0.113. The highest BCUT2D eigenvalue weighted by atomic mass is 32.2. The highest BCUT2D eigenvalue weighted by molar-refractivity contribution is 7.99. The molecule has 1 fully saturated rings. The number of hydrogen-bond acceptors (Lipinski definition) is 5. The maximum atomic E-state index is 13.5. The number of benzene rings is 2. The number of hydrogen-bond donors (Lipinski definition) is 1. The van der Waals surface area contributed by atoms with Gasteiger partial charge < -0.3 is 5.32 Å². The van der Waals surface area contributed by atoms with Crippen LogP contribution >= 0.6 is 11.8 Å². The summed E-state index contributed by atoms with van der Waals surface area (Å²) in [4.78, 5) is 15.0. The lowest BCUT2D eigenvalue weighted by atomic mass is 10.0. The van der Waals surface area contributed by atoms with Crippen LogP contribution in [-0.4, -0.2) is 44.4 Å². The Morgan fingerprint density at radius 1 is 1.09 bits per heavy atom. The van der Waals surface area contributed by atoms with Crippen LogP contribution in [-0.2, 0) is 11.3 Å². The van der Waals surface area contributed by atoms with Crippen molar-refractivity contribution in [3.05, 3.63) is 65.7 Å². The molecule has 0 saturated carbocycles. The van der Waals surface area contributed by atoms with Crippen molar-refractivity contribution in [3.63, 3.8) is 0 Å². The van der Waals surface area contributed by atoms with Gasteiger partial charge in [0.25, 0.3) is 0 Å². The Bertz CT molecular complexity index is 1080. The van der Waals surface area contributed by atoms with Gasteiger partial charge in [-0.25, -0.2) is 4.39 Å². The second-order valence-corrected chi connectivity index (χ2v) is 9.61. The standard InChI is InChI=1S/C25H30FN5OS/c1-18(2)19-7-6-8-21(15-19)27-24(32)17-33-25-29-28-23(16-30-13-4-3-5-14-30)31(25)22-11-9-20(26)10-12-22/h6-12,15,18H,3-5,13-14,16-17H2,1-2H3,(H,27,32). The Morgan fingerprint density at radius 2 is 1.85 bits per heavy atom. The molecule has 0 spiro atoms. The minimum atomic E-state index is -0.290. The van der Waals surface area contributed by atoms with E-state index >= 15 is 0 Å². The fourth-order valence-electron chi connectivity index (χ4n) is 3.97. The molecule has 1 aliphatic heterocycles. The molecule has 3 aromatic rings. The van der Waals surface area contributed by atoms with Crippen LogP contribution in [0.15, 0.2) is 53.7 Å². The predicted molar refractivity (Wildman–Crippen MR) is 130 cm³/mol. The van der Waals surface area contributed by atoms with Gasteiger partial charge >= 0.3 is 0 Å². The average molecular weight is 468 g/mol. The van der Waals surface area contributed by atoms with Crippen molar-refractivity contribution < 1.29 is 9.18 Å². The fraction of sp³-hybridized carbons (Fsp3) is 0.400.